The topological polar surface area (TPSA) is 125 Å². The van der Waals surface area contributed by atoms with E-state index in [-0.39, 0.29) is 26.9 Å². The van der Waals surface area contributed by atoms with Gasteiger partial charge in [0.25, 0.3) is 5.91 Å². The van der Waals surface area contributed by atoms with E-state index in [1.165, 1.54) is 6.07 Å². The summed E-state index contributed by atoms with van der Waals surface area (Å²) >= 11 is 6.19. The molecule has 212 valence electrons. The second-order valence-corrected chi connectivity index (χ2v) is 14.0. The number of aromatic amines is 1. The minimum Gasteiger partial charge on any atom is -0.351 e. The summed E-state index contributed by atoms with van der Waals surface area (Å²) < 4.78 is 55.0. The number of unbranched alkanes of at least 4 members (excludes halogenated alkanes) is 2. The van der Waals surface area contributed by atoms with Crippen LogP contribution in [0.2, 0.25) is 5.02 Å². The molecule has 0 saturated heterocycles. The van der Waals surface area contributed by atoms with Crippen molar-refractivity contribution in [2.75, 3.05) is 13.1 Å². The van der Waals surface area contributed by atoms with Crippen molar-refractivity contribution in [3.63, 3.8) is 0 Å². The van der Waals surface area contributed by atoms with Gasteiger partial charge < -0.3 is 10.3 Å². The summed E-state index contributed by atoms with van der Waals surface area (Å²) in [4.78, 5) is 16.4. The zero-order valence-corrected chi connectivity index (χ0v) is 24.9. The number of amides is 1. The van der Waals surface area contributed by atoms with Gasteiger partial charge in [0.15, 0.2) is 0 Å². The van der Waals surface area contributed by atoms with Crippen LogP contribution in [0.5, 0.6) is 0 Å². The van der Waals surface area contributed by atoms with E-state index in [0.717, 1.165) is 16.7 Å². The Labute approximate surface area is 240 Å². The van der Waals surface area contributed by atoms with Crippen LogP contribution in [0, 0.1) is 20.8 Å². The zero-order chi connectivity index (χ0) is 29.1. The van der Waals surface area contributed by atoms with Gasteiger partial charge in [0.05, 0.1) is 9.79 Å². The minimum atomic E-state index is -4.06. The molecule has 1 aromatic heterocycles. The quantitative estimate of drug-likeness (QED) is 0.197. The van der Waals surface area contributed by atoms with Crippen LogP contribution in [0.25, 0.3) is 10.9 Å². The third kappa shape index (κ3) is 6.75. The van der Waals surface area contributed by atoms with E-state index in [9.17, 15) is 21.6 Å². The summed E-state index contributed by atoms with van der Waals surface area (Å²) in [5.74, 6) is -0.546. The molecule has 11 heteroatoms. The van der Waals surface area contributed by atoms with Crippen molar-refractivity contribution in [3.05, 3.63) is 88.1 Å². The number of nitrogens with one attached hydrogen (secondary N) is 3. The van der Waals surface area contributed by atoms with E-state index >= 15 is 0 Å². The minimum absolute atomic E-state index is 0.0534. The fourth-order valence-electron chi connectivity index (χ4n) is 4.51. The highest BCUT2D eigenvalue weighted by atomic mass is 35.5. The Bertz CT molecular complexity index is 1740. The van der Waals surface area contributed by atoms with Crippen LogP contribution in [0.3, 0.4) is 0 Å². The van der Waals surface area contributed by atoms with E-state index in [1.54, 1.807) is 48.5 Å². The van der Waals surface area contributed by atoms with Crippen molar-refractivity contribution in [1.82, 2.24) is 15.0 Å². The molecule has 0 spiro atoms. The molecule has 0 atom stereocenters. The maximum absolute atomic E-state index is 13.8. The number of fused-ring (bicyclic) bond motifs is 1. The molecule has 4 rings (SSSR count). The van der Waals surface area contributed by atoms with Gasteiger partial charge in [-0.3, -0.25) is 4.79 Å². The fraction of sp³-hybridized carbons (Fsp3) is 0.276. The number of aromatic nitrogens is 1. The number of carbonyl (C=O) groups excluding carboxylic acids is 1. The molecule has 1 amide bonds. The summed E-state index contributed by atoms with van der Waals surface area (Å²) in [6, 6.07) is 16.5. The summed E-state index contributed by atoms with van der Waals surface area (Å²) in [6.45, 7) is 6.09. The Kier molecular flexibility index (Phi) is 9.04. The van der Waals surface area contributed by atoms with Gasteiger partial charge in [-0.25, -0.2) is 21.6 Å². The highest BCUT2D eigenvalue weighted by molar-refractivity contribution is 7.91. The molecule has 0 aliphatic carbocycles. The normalized spacial score (nSPS) is 12.1. The molecule has 0 aliphatic heterocycles. The monoisotopic (exact) mass is 601 g/mol. The molecule has 1 heterocycles. The molecule has 0 aliphatic rings. The van der Waals surface area contributed by atoms with Gasteiger partial charge in [-0.05, 0) is 87.2 Å². The molecule has 3 N–H and O–H groups in total. The lowest BCUT2D eigenvalue weighted by Gasteiger charge is -2.10. The molecule has 0 fully saturated rings. The average molecular weight is 602 g/mol. The van der Waals surface area contributed by atoms with Crippen LogP contribution < -0.4 is 10.0 Å². The predicted octanol–water partition coefficient (Wildman–Crippen LogP) is 5.46. The first-order valence-electron chi connectivity index (χ1n) is 12.9. The summed E-state index contributed by atoms with van der Waals surface area (Å²) in [6.07, 6.45) is 1.83. The summed E-state index contributed by atoms with van der Waals surface area (Å²) in [5, 5.41) is 3.49. The Morgan fingerprint density at radius 3 is 2.10 bits per heavy atom. The number of halogens is 1. The summed E-state index contributed by atoms with van der Waals surface area (Å²) in [5.41, 5.74) is 3.00. The standard InChI is InChI=1S/C29H32ClN3O5S2/c1-19-7-10-23(11-8-19)40(37,38)32-14-6-4-5-13-31-29(34)27-28(25-18-22(30)9-12-26(25)33-27)39(35,36)24-16-20(2)15-21(3)17-24/h7-12,15-18,32-33H,4-6,13-14H2,1-3H3,(H,31,34). The molecule has 3 aromatic carbocycles. The lowest BCUT2D eigenvalue weighted by molar-refractivity contribution is 0.0945. The number of hydrogen-bond donors (Lipinski definition) is 3. The summed E-state index contributed by atoms with van der Waals surface area (Å²) in [7, 11) is -7.63. The molecule has 0 radical (unpaired) electrons. The van der Waals surface area contributed by atoms with E-state index in [1.807, 2.05) is 26.8 Å². The van der Waals surface area contributed by atoms with Crippen LogP contribution in [0.15, 0.2) is 75.4 Å². The average Bonchev–Trinajstić information content (AvgIpc) is 3.27. The van der Waals surface area contributed by atoms with E-state index in [2.05, 4.69) is 15.0 Å². The van der Waals surface area contributed by atoms with Crippen molar-refractivity contribution in [2.24, 2.45) is 0 Å². The maximum atomic E-state index is 13.8. The maximum Gasteiger partial charge on any atom is 0.269 e. The van der Waals surface area contributed by atoms with Crippen LogP contribution >= 0.6 is 11.6 Å². The van der Waals surface area contributed by atoms with Gasteiger partial charge >= 0.3 is 0 Å². The molecule has 0 unspecified atom stereocenters. The van der Waals surface area contributed by atoms with Gasteiger partial charge in [0, 0.05) is 29.0 Å². The number of rotatable bonds is 11. The third-order valence-electron chi connectivity index (χ3n) is 6.48. The Morgan fingerprint density at radius 2 is 1.43 bits per heavy atom. The first-order valence-corrected chi connectivity index (χ1v) is 16.2. The molecule has 8 nitrogen and oxygen atoms in total. The highest BCUT2D eigenvalue weighted by Crippen LogP contribution is 2.34. The third-order valence-corrected chi connectivity index (χ3v) is 10.0. The van der Waals surface area contributed by atoms with Crippen molar-refractivity contribution in [3.8, 4) is 0 Å². The van der Waals surface area contributed by atoms with Crippen LogP contribution in [-0.4, -0.2) is 40.8 Å². The SMILES string of the molecule is Cc1ccc(S(=O)(=O)NCCCCCNC(=O)c2[nH]c3ccc(Cl)cc3c2S(=O)(=O)c2cc(C)cc(C)c2)cc1. The number of aryl methyl sites for hydroxylation is 3. The smallest absolute Gasteiger partial charge is 0.269 e. The number of benzene rings is 3. The van der Waals surface area contributed by atoms with Crippen molar-refractivity contribution < 1.29 is 21.6 Å². The molecule has 40 heavy (non-hydrogen) atoms. The lowest BCUT2D eigenvalue weighted by atomic mass is 10.2. The largest absolute Gasteiger partial charge is 0.351 e. The molecular formula is C29H32ClN3O5S2. The number of carbonyl (C=O) groups is 1. The molecule has 0 bridgehead atoms. The second-order valence-electron chi connectivity index (χ2n) is 9.87. The van der Waals surface area contributed by atoms with Crippen molar-refractivity contribution >= 4 is 48.3 Å². The first-order chi connectivity index (χ1) is 18.9. The Morgan fingerprint density at radius 1 is 0.775 bits per heavy atom. The van der Waals surface area contributed by atoms with Crippen LogP contribution in [0.1, 0.15) is 46.4 Å². The predicted molar refractivity (Wildman–Crippen MR) is 157 cm³/mol. The van der Waals surface area contributed by atoms with Gasteiger partial charge in [-0.1, -0.05) is 41.8 Å². The number of sulfone groups is 1. The molecule has 4 aromatic rings. The van der Waals surface area contributed by atoms with Crippen LogP contribution in [-0.2, 0) is 19.9 Å². The molecule has 0 saturated carbocycles. The molecular weight excluding hydrogens is 570 g/mol. The van der Waals surface area contributed by atoms with Gasteiger partial charge in [-0.15, -0.1) is 0 Å². The van der Waals surface area contributed by atoms with Gasteiger partial charge in [0.1, 0.15) is 10.6 Å². The Hall–Kier alpha value is -3.18. The number of hydrogen-bond acceptors (Lipinski definition) is 5. The van der Waals surface area contributed by atoms with Gasteiger partial charge in [-0.2, -0.15) is 0 Å². The second kappa shape index (κ2) is 12.1. The number of H-pyrrole nitrogens is 1. The van der Waals surface area contributed by atoms with E-state index in [4.69, 9.17) is 11.6 Å². The first kappa shape index (κ1) is 29.8. The lowest BCUT2D eigenvalue weighted by Crippen LogP contribution is -2.27. The zero-order valence-electron chi connectivity index (χ0n) is 22.5. The van der Waals surface area contributed by atoms with E-state index in [0.29, 0.717) is 41.7 Å². The van der Waals surface area contributed by atoms with Crippen LogP contribution in [0.4, 0.5) is 0 Å². The van der Waals surface area contributed by atoms with Crippen molar-refractivity contribution in [1.29, 1.82) is 0 Å². The van der Waals surface area contributed by atoms with Crippen molar-refractivity contribution in [2.45, 2.75) is 54.7 Å². The Balaban J connectivity index is 1.42. The highest BCUT2D eigenvalue weighted by Gasteiger charge is 2.30. The number of sulfonamides is 1. The fourth-order valence-corrected chi connectivity index (χ4v) is 7.54. The van der Waals surface area contributed by atoms with E-state index < -0.39 is 25.8 Å². The van der Waals surface area contributed by atoms with Gasteiger partial charge in [0.2, 0.25) is 19.9 Å².